The summed E-state index contributed by atoms with van der Waals surface area (Å²) < 4.78 is 5.27. The van der Waals surface area contributed by atoms with E-state index in [1.165, 1.54) is 0 Å². The van der Waals surface area contributed by atoms with Crippen molar-refractivity contribution in [3.8, 4) is 5.75 Å². The first kappa shape index (κ1) is 25.6. The predicted octanol–water partition coefficient (Wildman–Crippen LogP) is 3.99. The highest BCUT2D eigenvalue weighted by molar-refractivity contribution is 6.00. The molecule has 7 nitrogen and oxygen atoms in total. The average molecular weight is 513 g/mol. The lowest BCUT2D eigenvalue weighted by molar-refractivity contribution is -0.121. The number of ether oxygens (including phenoxy) is 1. The number of carbonyl (C=O) groups is 2. The van der Waals surface area contributed by atoms with Crippen molar-refractivity contribution < 1.29 is 14.3 Å². The van der Waals surface area contributed by atoms with Gasteiger partial charge in [0.1, 0.15) is 5.75 Å². The Morgan fingerprint density at radius 2 is 1.45 bits per heavy atom. The van der Waals surface area contributed by atoms with Crippen LogP contribution in [0.15, 0.2) is 78.9 Å². The van der Waals surface area contributed by atoms with Gasteiger partial charge in [0.2, 0.25) is 5.91 Å². The Morgan fingerprint density at radius 3 is 2.13 bits per heavy atom. The van der Waals surface area contributed by atoms with Gasteiger partial charge in [-0.3, -0.25) is 9.59 Å². The molecule has 0 radical (unpaired) electrons. The lowest BCUT2D eigenvalue weighted by Crippen LogP contribution is -2.49. The van der Waals surface area contributed by atoms with Gasteiger partial charge >= 0.3 is 0 Å². The molecule has 2 aliphatic heterocycles. The zero-order valence-corrected chi connectivity index (χ0v) is 22.0. The minimum absolute atomic E-state index is 0.0685. The first-order chi connectivity index (χ1) is 18.6. The fourth-order valence-electron chi connectivity index (χ4n) is 5.39. The summed E-state index contributed by atoms with van der Waals surface area (Å²) in [6.45, 7) is 4.60. The summed E-state index contributed by atoms with van der Waals surface area (Å²) in [5, 5.41) is 3.20. The Bertz CT molecular complexity index is 1220. The molecule has 5 rings (SSSR count). The van der Waals surface area contributed by atoms with Gasteiger partial charge in [0.15, 0.2) is 0 Å². The number of nitrogens with zero attached hydrogens (tertiary/aromatic N) is 3. The topological polar surface area (TPSA) is 65.1 Å². The number of hydrogen-bond donors (Lipinski definition) is 1. The number of anilines is 2. The molecule has 0 atom stereocenters. The Labute approximate surface area is 225 Å². The average Bonchev–Trinajstić information content (AvgIpc) is 2.98. The molecule has 0 aliphatic carbocycles. The second kappa shape index (κ2) is 12.0. The summed E-state index contributed by atoms with van der Waals surface area (Å²) in [7, 11) is 1.67. The highest BCUT2D eigenvalue weighted by Gasteiger charge is 2.27. The molecule has 38 heavy (non-hydrogen) atoms. The molecule has 2 saturated heterocycles. The number of amides is 2. The summed E-state index contributed by atoms with van der Waals surface area (Å²) in [6.07, 6.45) is 2.14. The molecule has 198 valence electrons. The van der Waals surface area contributed by atoms with Gasteiger partial charge in [0.25, 0.3) is 5.91 Å². The molecule has 0 spiro atoms. The third-order valence-corrected chi connectivity index (χ3v) is 7.55. The highest BCUT2D eigenvalue weighted by atomic mass is 16.5. The van der Waals surface area contributed by atoms with Gasteiger partial charge in [-0.1, -0.05) is 42.5 Å². The molecule has 0 saturated carbocycles. The number of nitrogens with one attached hydrogen (secondary N) is 1. The Kier molecular flexibility index (Phi) is 8.12. The van der Waals surface area contributed by atoms with Crippen molar-refractivity contribution in [1.29, 1.82) is 0 Å². The number of piperidine rings is 1. The van der Waals surface area contributed by atoms with Crippen LogP contribution in [0.3, 0.4) is 0 Å². The lowest BCUT2D eigenvalue weighted by atomic mass is 10.0. The van der Waals surface area contributed by atoms with Crippen LogP contribution in [0.4, 0.5) is 11.4 Å². The first-order valence-electron chi connectivity index (χ1n) is 13.5. The smallest absolute Gasteiger partial charge is 0.256 e. The van der Waals surface area contributed by atoms with Crippen LogP contribution in [0.5, 0.6) is 5.75 Å². The van der Waals surface area contributed by atoms with Crippen molar-refractivity contribution >= 4 is 23.2 Å². The van der Waals surface area contributed by atoms with E-state index in [0.29, 0.717) is 19.5 Å². The van der Waals surface area contributed by atoms with Crippen LogP contribution in [0, 0.1) is 0 Å². The molecule has 7 heteroatoms. The quantitative estimate of drug-likeness (QED) is 0.519. The van der Waals surface area contributed by atoms with E-state index in [4.69, 9.17) is 4.74 Å². The van der Waals surface area contributed by atoms with Gasteiger partial charge in [-0.2, -0.15) is 0 Å². The predicted molar refractivity (Wildman–Crippen MR) is 151 cm³/mol. The van der Waals surface area contributed by atoms with Crippen LogP contribution in [-0.4, -0.2) is 69.1 Å². The zero-order chi connectivity index (χ0) is 26.3. The van der Waals surface area contributed by atoms with E-state index >= 15 is 0 Å². The number of hydrogen-bond acceptors (Lipinski definition) is 5. The van der Waals surface area contributed by atoms with E-state index in [1.807, 2.05) is 65.6 Å². The number of rotatable bonds is 7. The van der Waals surface area contributed by atoms with Gasteiger partial charge in [-0.15, -0.1) is 0 Å². The lowest BCUT2D eigenvalue weighted by Gasteiger charge is -2.38. The van der Waals surface area contributed by atoms with E-state index in [9.17, 15) is 9.59 Å². The largest absolute Gasteiger partial charge is 0.497 e. The van der Waals surface area contributed by atoms with Gasteiger partial charge in [-0.05, 0) is 54.8 Å². The van der Waals surface area contributed by atoms with E-state index in [-0.39, 0.29) is 17.9 Å². The molecule has 0 bridgehead atoms. The summed E-state index contributed by atoms with van der Waals surface area (Å²) in [5.74, 6) is 1.00. The maximum Gasteiger partial charge on any atom is 0.256 e. The standard InChI is InChI=1S/C31H36N4O3/c1-38-27-13-11-26(12-14-27)33-19-21-35(22-20-33)31(37)28-9-5-6-10-29(28)34-17-15-25(16-18-34)32-30(36)23-24-7-3-2-4-8-24/h2-14,25H,15-23H2,1H3,(H,32,36). The van der Waals surface area contributed by atoms with Gasteiger partial charge in [0.05, 0.1) is 19.1 Å². The van der Waals surface area contributed by atoms with Crippen molar-refractivity contribution in [2.45, 2.75) is 25.3 Å². The van der Waals surface area contributed by atoms with Gasteiger partial charge in [-0.25, -0.2) is 0 Å². The van der Waals surface area contributed by atoms with E-state index in [0.717, 1.165) is 67.3 Å². The third-order valence-electron chi connectivity index (χ3n) is 7.55. The SMILES string of the molecule is COc1ccc(N2CCN(C(=O)c3ccccc3N3CCC(NC(=O)Cc4ccccc4)CC3)CC2)cc1. The number of para-hydroxylation sites is 1. The van der Waals surface area contributed by atoms with Crippen molar-refractivity contribution in [1.82, 2.24) is 10.2 Å². The molecule has 3 aromatic carbocycles. The van der Waals surface area contributed by atoms with Crippen molar-refractivity contribution in [3.63, 3.8) is 0 Å². The minimum atomic E-state index is 0.0685. The monoisotopic (exact) mass is 512 g/mol. The normalized spacial score (nSPS) is 16.3. The third kappa shape index (κ3) is 6.10. The van der Waals surface area contributed by atoms with Crippen LogP contribution in [0.25, 0.3) is 0 Å². The summed E-state index contributed by atoms with van der Waals surface area (Å²) in [5.41, 5.74) is 3.93. The first-order valence-corrected chi connectivity index (χ1v) is 13.5. The number of methoxy groups -OCH3 is 1. The molecule has 3 aromatic rings. The molecule has 0 unspecified atom stereocenters. The Morgan fingerprint density at radius 1 is 0.789 bits per heavy atom. The van der Waals surface area contributed by atoms with Crippen LogP contribution >= 0.6 is 0 Å². The van der Waals surface area contributed by atoms with Crippen LogP contribution in [0.2, 0.25) is 0 Å². The second-order valence-corrected chi connectivity index (χ2v) is 9.99. The van der Waals surface area contributed by atoms with Gasteiger partial charge in [0, 0.05) is 56.7 Å². The minimum Gasteiger partial charge on any atom is -0.497 e. The summed E-state index contributed by atoms with van der Waals surface area (Å²) in [4.78, 5) is 32.7. The molecule has 2 aliphatic rings. The number of carbonyl (C=O) groups excluding carboxylic acids is 2. The number of piperazine rings is 1. The van der Waals surface area contributed by atoms with Gasteiger partial charge < -0.3 is 24.8 Å². The zero-order valence-electron chi connectivity index (χ0n) is 22.0. The molecule has 1 N–H and O–H groups in total. The highest BCUT2D eigenvalue weighted by Crippen LogP contribution is 2.27. The number of benzene rings is 3. The summed E-state index contributed by atoms with van der Waals surface area (Å²) in [6, 6.07) is 26.0. The fraction of sp³-hybridized carbons (Fsp3) is 0.355. The second-order valence-electron chi connectivity index (χ2n) is 9.99. The van der Waals surface area contributed by atoms with Crippen LogP contribution in [0.1, 0.15) is 28.8 Å². The Hall–Kier alpha value is -4.00. The molecule has 2 heterocycles. The summed E-state index contributed by atoms with van der Waals surface area (Å²) >= 11 is 0. The Balaban J connectivity index is 1.15. The maximum absolute atomic E-state index is 13.6. The molecular weight excluding hydrogens is 476 g/mol. The van der Waals surface area contributed by atoms with Crippen molar-refractivity contribution in [3.05, 3.63) is 90.0 Å². The van der Waals surface area contributed by atoms with Crippen LogP contribution in [-0.2, 0) is 11.2 Å². The van der Waals surface area contributed by atoms with E-state index in [1.54, 1.807) is 7.11 Å². The molecule has 2 amide bonds. The van der Waals surface area contributed by atoms with E-state index in [2.05, 4.69) is 33.3 Å². The van der Waals surface area contributed by atoms with Crippen molar-refractivity contribution in [2.75, 3.05) is 56.2 Å². The van der Waals surface area contributed by atoms with E-state index < -0.39 is 0 Å². The van der Waals surface area contributed by atoms with Crippen molar-refractivity contribution in [2.24, 2.45) is 0 Å². The molecule has 2 fully saturated rings. The maximum atomic E-state index is 13.6. The van der Waals surface area contributed by atoms with Crippen LogP contribution < -0.4 is 19.9 Å². The fourth-order valence-corrected chi connectivity index (χ4v) is 5.39. The molecular formula is C31H36N4O3. The molecule has 0 aromatic heterocycles.